The van der Waals surface area contributed by atoms with Gasteiger partial charge in [0, 0.05) is 43.8 Å². The van der Waals surface area contributed by atoms with Crippen LogP contribution < -0.4 is 5.32 Å². The molecule has 4 heterocycles. The van der Waals surface area contributed by atoms with E-state index in [1.807, 2.05) is 24.8 Å². The zero-order valence-electron chi connectivity index (χ0n) is 16.7. The van der Waals surface area contributed by atoms with E-state index in [2.05, 4.69) is 20.5 Å². The largest absolute Gasteiger partial charge is 0.354 e. The van der Waals surface area contributed by atoms with E-state index in [-0.39, 0.29) is 24.3 Å². The van der Waals surface area contributed by atoms with Crippen LogP contribution in [0.5, 0.6) is 0 Å². The molecule has 1 aliphatic rings. The number of fused-ring (bicyclic) bond motifs is 1. The van der Waals surface area contributed by atoms with Crippen molar-refractivity contribution < 1.29 is 9.59 Å². The topological polar surface area (TPSA) is 97.4 Å². The smallest absolute Gasteiger partial charge is 0.274 e. The molecular formula is C20H25N7O2. The van der Waals surface area contributed by atoms with Crippen LogP contribution in [0.1, 0.15) is 34.7 Å². The van der Waals surface area contributed by atoms with Gasteiger partial charge in [-0.25, -0.2) is 9.50 Å². The van der Waals surface area contributed by atoms with Crippen molar-refractivity contribution in [3.05, 3.63) is 47.7 Å². The Bertz CT molecular complexity index is 1010. The molecule has 3 aromatic rings. The van der Waals surface area contributed by atoms with Crippen molar-refractivity contribution in [2.75, 3.05) is 19.6 Å². The molecule has 29 heavy (non-hydrogen) atoms. The summed E-state index contributed by atoms with van der Waals surface area (Å²) < 4.78 is 3.31. The van der Waals surface area contributed by atoms with Crippen molar-refractivity contribution in [3.63, 3.8) is 0 Å². The molecule has 152 valence electrons. The molecule has 4 rings (SSSR count). The number of rotatable bonds is 5. The lowest BCUT2D eigenvalue weighted by molar-refractivity contribution is -0.122. The fraction of sp³-hybridized carbons (Fsp3) is 0.450. The molecule has 0 saturated carbocycles. The second-order valence-corrected chi connectivity index (χ2v) is 7.60. The van der Waals surface area contributed by atoms with Gasteiger partial charge < -0.3 is 10.2 Å². The molecule has 0 aliphatic carbocycles. The van der Waals surface area contributed by atoms with Crippen LogP contribution in [0, 0.1) is 19.8 Å². The first-order valence-corrected chi connectivity index (χ1v) is 9.87. The van der Waals surface area contributed by atoms with Gasteiger partial charge in [-0.2, -0.15) is 10.2 Å². The van der Waals surface area contributed by atoms with Gasteiger partial charge in [0.1, 0.15) is 6.54 Å². The Morgan fingerprint density at radius 3 is 2.86 bits per heavy atom. The van der Waals surface area contributed by atoms with E-state index in [4.69, 9.17) is 0 Å². The number of carbonyl (C=O) groups is 2. The highest BCUT2D eigenvalue weighted by Gasteiger charge is 2.26. The molecule has 1 saturated heterocycles. The Hall–Kier alpha value is -3.23. The van der Waals surface area contributed by atoms with Gasteiger partial charge in [-0.05, 0) is 44.7 Å². The maximum absolute atomic E-state index is 12.9. The van der Waals surface area contributed by atoms with E-state index < -0.39 is 0 Å². The molecule has 1 N–H and O–H groups in total. The van der Waals surface area contributed by atoms with E-state index in [0.29, 0.717) is 31.0 Å². The summed E-state index contributed by atoms with van der Waals surface area (Å²) in [6, 6.07) is 5.44. The zero-order valence-corrected chi connectivity index (χ0v) is 16.7. The van der Waals surface area contributed by atoms with Crippen LogP contribution >= 0.6 is 0 Å². The van der Waals surface area contributed by atoms with Crippen LogP contribution in [-0.4, -0.2) is 60.7 Å². The molecule has 1 aliphatic heterocycles. The molecule has 1 atom stereocenters. The minimum Gasteiger partial charge on any atom is -0.354 e. The average Bonchev–Trinajstić information content (AvgIpc) is 3.28. The summed E-state index contributed by atoms with van der Waals surface area (Å²) in [5, 5.41) is 11.6. The Morgan fingerprint density at radius 2 is 2.10 bits per heavy atom. The van der Waals surface area contributed by atoms with E-state index in [9.17, 15) is 9.59 Å². The number of nitrogens with zero attached hydrogens (tertiary/aromatic N) is 6. The lowest BCUT2D eigenvalue weighted by Crippen LogP contribution is -2.44. The molecule has 0 aromatic carbocycles. The standard InChI is InChI=1S/C20H25N7O2/c1-14-9-15(2)27(23-14)13-19(28)22-11-16-5-3-7-25(12-16)20(29)17-10-18-21-6-4-8-26(18)24-17/h4,6,8-10,16H,3,5,7,11-13H2,1-2H3,(H,22,28). The number of carbonyl (C=O) groups excluding carboxylic acids is 2. The second-order valence-electron chi connectivity index (χ2n) is 7.60. The summed E-state index contributed by atoms with van der Waals surface area (Å²) in [6.07, 6.45) is 5.35. The Kier molecular flexibility index (Phi) is 5.28. The van der Waals surface area contributed by atoms with E-state index >= 15 is 0 Å². The highest BCUT2D eigenvalue weighted by atomic mass is 16.2. The van der Waals surface area contributed by atoms with Crippen LogP contribution in [0.3, 0.4) is 0 Å². The van der Waals surface area contributed by atoms with Gasteiger partial charge in [0.2, 0.25) is 5.91 Å². The van der Waals surface area contributed by atoms with Gasteiger partial charge in [0.15, 0.2) is 11.3 Å². The van der Waals surface area contributed by atoms with Gasteiger partial charge in [0.05, 0.1) is 5.69 Å². The molecule has 3 aromatic heterocycles. The highest BCUT2D eigenvalue weighted by Crippen LogP contribution is 2.18. The SMILES string of the molecule is Cc1cc(C)n(CC(=O)NCC2CCCN(C(=O)c3cc4ncccn4n3)C2)n1. The third kappa shape index (κ3) is 4.28. The molecule has 0 spiro atoms. The Balaban J connectivity index is 1.32. The summed E-state index contributed by atoms with van der Waals surface area (Å²) >= 11 is 0. The number of aromatic nitrogens is 5. The fourth-order valence-electron chi connectivity index (χ4n) is 3.80. The normalized spacial score (nSPS) is 16.9. The van der Waals surface area contributed by atoms with Crippen molar-refractivity contribution in [1.82, 2.24) is 34.6 Å². The van der Waals surface area contributed by atoms with Crippen molar-refractivity contribution in [3.8, 4) is 0 Å². The number of hydrogen-bond donors (Lipinski definition) is 1. The third-order valence-electron chi connectivity index (χ3n) is 5.25. The Labute approximate surface area is 168 Å². The monoisotopic (exact) mass is 395 g/mol. The van der Waals surface area contributed by atoms with Crippen LogP contribution in [0.15, 0.2) is 30.6 Å². The fourth-order valence-corrected chi connectivity index (χ4v) is 3.80. The minimum absolute atomic E-state index is 0.0638. The van der Waals surface area contributed by atoms with Gasteiger partial charge in [0.25, 0.3) is 5.91 Å². The molecule has 2 amide bonds. The number of nitrogens with one attached hydrogen (secondary N) is 1. The molecule has 0 bridgehead atoms. The summed E-state index contributed by atoms with van der Waals surface area (Å²) in [6.45, 7) is 5.93. The summed E-state index contributed by atoms with van der Waals surface area (Å²) in [4.78, 5) is 31.2. The summed E-state index contributed by atoms with van der Waals surface area (Å²) in [5.74, 6) is 0.0764. The van der Waals surface area contributed by atoms with Crippen molar-refractivity contribution in [1.29, 1.82) is 0 Å². The van der Waals surface area contributed by atoms with Crippen molar-refractivity contribution in [2.24, 2.45) is 5.92 Å². The molecular weight excluding hydrogens is 370 g/mol. The highest BCUT2D eigenvalue weighted by molar-refractivity contribution is 5.93. The van der Waals surface area contributed by atoms with E-state index in [0.717, 1.165) is 24.2 Å². The summed E-state index contributed by atoms with van der Waals surface area (Å²) in [5.41, 5.74) is 2.92. The maximum Gasteiger partial charge on any atom is 0.274 e. The number of piperidine rings is 1. The van der Waals surface area contributed by atoms with Gasteiger partial charge in [-0.1, -0.05) is 0 Å². The lowest BCUT2D eigenvalue weighted by Gasteiger charge is -2.32. The van der Waals surface area contributed by atoms with Crippen molar-refractivity contribution in [2.45, 2.75) is 33.2 Å². The first-order valence-electron chi connectivity index (χ1n) is 9.87. The quantitative estimate of drug-likeness (QED) is 0.700. The van der Waals surface area contributed by atoms with Gasteiger partial charge in [-0.3, -0.25) is 14.3 Å². The average molecular weight is 395 g/mol. The number of aryl methyl sites for hydroxylation is 2. The van der Waals surface area contributed by atoms with Crippen LogP contribution in [-0.2, 0) is 11.3 Å². The number of hydrogen-bond acceptors (Lipinski definition) is 5. The summed E-state index contributed by atoms with van der Waals surface area (Å²) in [7, 11) is 0. The maximum atomic E-state index is 12.9. The molecule has 1 unspecified atom stereocenters. The first kappa shape index (κ1) is 19.1. The Morgan fingerprint density at radius 1 is 1.24 bits per heavy atom. The molecule has 9 heteroatoms. The van der Waals surface area contributed by atoms with Crippen LogP contribution in [0.25, 0.3) is 5.65 Å². The molecule has 9 nitrogen and oxygen atoms in total. The van der Waals surface area contributed by atoms with Crippen molar-refractivity contribution >= 4 is 17.5 Å². The van der Waals surface area contributed by atoms with Gasteiger partial charge in [-0.15, -0.1) is 0 Å². The first-order chi connectivity index (χ1) is 14.0. The van der Waals surface area contributed by atoms with E-state index in [1.165, 1.54) is 0 Å². The molecule has 1 fully saturated rings. The van der Waals surface area contributed by atoms with E-state index in [1.54, 1.807) is 33.7 Å². The zero-order chi connectivity index (χ0) is 20.4. The third-order valence-corrected chi connectivity index (χ3v) is 5.25. The number of likely N-dealkylation sites (tertiary alicyclic amines) is 1. The van der Waals surface area contributed by atoms with Crippen LogP contribution in [0.4, 0.5) is 0 Å². The molecule has 0 radical (unpaired) electrons. The minimum atomic E-state index is -0.0887. The second kappa shape index (κ2) is 8.02. The van der Waals surface area contributed by atoms with Crippen LogP contribution in [0.2, 0.25) is 0 Å². The van der Waals surface area contributed by atoms with Gasteiger partial charge >= 0.3 is 0 Å². The predicted molar refractivity (Wildman–Crippen MR) is 106 cm³/mol. The lowest BCUT2D eigenvalue weighted by atomic mass is 9.97. The predicted octanol–water partition coefficient (Wildman–Crippen LogP) is 1.21. The number of amides is 2.